The van der Waals surface area contributed by atoms with Gasteiger partial charge in [0.15, 0.2) is 0 Å². The van der Waals surface area contributed by atoms with E-state index >= 15 is 0 Å². The molecule has 5 rings (SSSR count). The average Bonchev–Trinajstić information content (AvgIpc) is 3.52. The Labute approximate surface area is 254 Å². The van der Waals surface area contributed by atoms with Crippen LogP contribution >= 0.6 is 0 Å². The fraction of sp³-hybridized carbons (Fsp3) is 0.444. The molecule has 2 aliphatic rings. The maximum Gasteiger partial charge on any atom is 0.320 e. The van der Waals surface area contributed by atoms with E-state index in [1.54, 1.807) is 0 Å². The van der Waals surface area contributed by atoms with Gasteiger partial charge in [0.25, 0.3) is 0 Å². The number of nitrogens with zero attached hydrogens (tertiary/aromatic N) is 1. The van der Waals surface area contributed by atoms with E-state index in [0.717, 1.165) is 67.7 Å². The minimum Gasteiger partial charge on any atom is -0.493 e. The molecule has 7 nitrogen and oxygen atoms in total. The number of carbonyl (C=O) groups excluding carboxylic acids is 1. The van der Waals surface area contributed by atoms with Crippen LogP contribution in [0.1, 0.15) is 72.8 Å². The number of aliphatic carboxylic acids is 1. The van der Waals surface area contributed by atoms with Crippen LogP contribution in [0.5, 0.6) is 11.5 Å². The lowest BCUT2D eigenvalue weighted by atomic mass is 9.96. The third-order valence-corrected chi connectivity index (χ3v) is 8.87. The van der Waals surface area contributed by atoms with Crippen LogP contribution in [0.2, 0.25) is 0 Å². The first-order chi connectivity index (χ1) is 21.0. The molecular formula is C36H43NO6. The number of hydrogen-bond donors (Lipinski definition) is 1. The lowest BCUT2D eigenvalue weighted by Crippen LogP contribution is -2.44. The van der Waals surface area contributed by atoms with Gasteiger partial charge >= 0.3 is 11.9 Å². The van der Waals surface area contributed by atoms with E-state index in [4.69, 9.17) is 14.2 Å². The number of unbranched alkanes of at least 4 members (excludes halogenated alkanes) is 1. The summed E-state index contributed by atoms with van der Waals surface area (Å²) in [5, 5.41) is 9.92. The first-order valence-corrected chi connectivity index (χ1v) is 15.6. The Morgan fingerprint density at radius 3 is 2.53 bits per heavy atom. The van der Waals surface area contributed by atoms with Crippen LogP contribution in [0, 0.1) is 6.92 Å². The van der Waals surface area contributed by atoms with Gasteiger partial charge in [-0.3, -0.25) is 14.5 Å². The highest BCUT2D eigenvalue weighted by Crippen LogP contribution is 2.41. The molecule has 1 N–H and O–H groups in total. The predicted molar refractivity (Wildman–Crippen MR) is 166 cm³/mol. The second-order valence-electron chi connectivity index (χ2n) is 11.6. The third-order valence-electron chi connectivity index (χ3n) is 8.87. The van der Waals surface area contributed by atoms with Gasteiger partial charge in [0.2, 0.25) is 0 Å². The normalized spacial score (nSPS) is 16.5. The molecule has 0 saturated carbocycles. The largest absolute Gasteiger partial charge is 0.493 e. The zero-order valence-electron chi connectivity index (χ0n) is 25.4. The molecule has 0 aromatic heterocycles. The van der Waals surface area contributed by atoms with Crippen LogP contribution in [0.15, 0.2) is 54.6 Å². The molecule has 0 spiro atoms. The fourth-order valence-electron chi connectivity index (χ4n) is 6.47. The average molecular weight is 586 g/mol. The van der Waals surface area contributed by atoms with Gasteiger partial charge in [0, 0.05) is 24.6 Å². The highest BCUT2D eigenvalue weighted by atomic mass is 16.5. The highest BCUT2D eigenvalue weighted by Gasteiger charge is 2.32. The van der Waals surface area contributed by atoms with Gasteiger partial charge in [-0.1, -0.05) is 55.0 Å². The van der Waals surface area contributed by atoms with Crippen molar-refractivity contribution in [2.45, 2.75) is 83.9 Å². The summed E-state index contributed by atoms with van der Waals surface area (Å²) in [6.07, 6.45) is 7.26. The van der Waals surface area contributed by atoms with Gasteiger partial charge in [0.1, 0.15) is 24.1 Å². The zero-order valence-corrected chi connectivity index (χ0v) is 25.4. The summed E-state index contributed by atoms with van der Waals surface area (Å²) >= 11 is 0. The summed E-state index contributed by atoms with van der Waals surface area (Å²) in [4.78, 5) is 25.7. The van der Waals surface area contributed by atoms with Crippen LogP contribution in [0.25, 0.3) is 11.1 Å². The number of hydrogen-bond acceptors (Lipinski definition) is 6. The van der Waals surface area contributed by atoms with Crippen molar-refractivity contribution in [3.8, 4) is 22.6 Å². The Kier molecular flexibility index (Phi) is 10.4. The number of fused-ring (bicyclic) bond motifs is 1. The molecule has 1 saturated heterocycles. The van der Waals surface area contributed by atoms with E-state index in [2.05, 4.69) is 54.3 Å². The maximum absolute atomic E-state index is 12.1. The quantitative estimate of drug-likeness (QED) is 0.173. The van der Waals surface area contributed by atoms with E-state index in [-0.39, 0.29) is 5.97 Å². The molecule has 43 heavy (non-hydrogen) atoms. The smallest absolute Gasteiger partial charge is 0.320 e. The van der Waals surface area contributed by atoms with Crippen molar-refractivity contribution in [3.05, 3.63) is 82.4 Å². The molecular weight excluding hydrogens is 542 g/mol. The van der Waals surface area contributed by atoms with E-state index < -0.39 is 12.0 Å². The molecule has 0 radical (unpaired) electrons. The van der Waals surface area contributed by atoms with Crippen molar-refractivity contribution in [3.63, 3.8) is 0 Å². The number of rotatable bonds is 13. The van der Waals surface area contributed by atoms with Gasteiger partial charge in [0.05, 0.1) is 13.7 Å². The van der Waals surface area contributed by atoms with Gasteiger partial charge in [-0.25, -0.2) is 0 Å². The van der Waals surface area contributed by atoms with Gasteiger partial charge < -0.3 is 19.3 Å². The van der Waals surface area contributed by atoms with Gasteiger partial charge in [-0.05, 0) is 91.8 Å². The lowest BCUT2D eigenvalue weighted by Gasteiger charge is -2.34. The second kappa shape index (κ2) is 14.6. The SMILES string of the molecule is COC(=O)CCCCOc1cc(OCc2cccc(-c3ccccc3)c2C)c2c(c1CN1CCCCC1C(=O)O)CCC2. The lowest BCUT2D eigenvalue weighted by molar-refractivity contribution is -0.145. The number of benzene rings is 3. The summed E-state index contributed by atoms with van der Waals surface area (Å²) < 4.78 is 17.7. The molecule has 7 heteroatoms. The molecule has 3 aromatic carbocycles. The molecule has 3 aromatic rings. The maximum atomic E-state index is 12.1. The Morgan fingerprint density at radius 1 is 0.930 bits per heavy atom. The van der Waals surface area contributed by atoms with Gasteiger partial charge in [-0.2, -0.15) is 0 Å². The molecule has 1 fully saturated rings. The number of carboxylic acid groups (broad SMARTS) is 1. The van der Waals surface area contributed by atoms with Crippen LogP contribution < -0.4 is 9.47 Å². The zero-order chi connectivity index (χ0) is 30.2. The summed E-state index contributed by atoms with van der Waals surface area (Å²) in [6, 6.07) is 18.3. The summed E-state index contributed by atoms with van der Waals surface area (Å²) in [6.45, 7) is 4.37. The standard InChI is InChI=1S/C36H43NO6/c1-25-27(14-10-15-28(25)26-12-4-3-5-13-26)24-43-33-22-34(42-21-9-7-19-35(38)41-2)31(29-16-11-17-30(29)33)23-37-20-8-6-18-32(37)36(39)40/h3-5,10,12-15,22,32H,6-9,11,16-21,23-24H2,1-2H3,(H,39,40). The second-order valence-corrected chi connectivity index (χ2v) is 11.6. The number of esters is 1. The molecule has 0 amide bonds. The van der Waals surface area contributed by atoms with E-state index in [1.807, 2.05) is 12.1 Å². The molecule has 1 heterocycles. The summed E-state index contributed by atoms with van der Waals surface area (Å²) in [5.41, 5.74) is 8.28. The monoisotopic (exact) mass is 585 g/mol. The molecule has 1 unspecified atom stereocenters. The van der Waals surface area contributed by atoms with Crippen LogP contribution in [0.3, 0.4) is 0 Å². The molecule has 1 aliphatic heterocycles. The minimum atomic E-state index is -0.755. The van der Waals surface area contributed by atoms with Crippen molar-refractivity contribution < 1.29 is 28.9 Å². The number of methoxy groups -OCH3 is 1. The summed E-state index contributed by atoms with van der Waals surface area (Å²) in [5.74, 6) is 0.636. The Hall–Kier alpha value is -3.84. The van der Waals surface area contributed by atoms with Crippen molar-refractivity contribution >= 4 is 11.9 Å². The minimum absolute atomic E-state index is 0.217. The van der Waals surface area contributed by atoms with Crippen molar-refractivity contribution in [2.75, 3.05) is 20.3 Å². The number of piperidine rings is 1. The van der Waals surface area contributed by atoms with Crippen LogP contribution in [-0.4, -0.2) is 48.2 Å². The van der Waals surface area contributed by atoms with Crippen LogP contribution in [0.4, 0.5) is 0 Å². The Bertz CT molecular complexity index is 1420. The topological polar surface area (TPSA) is 85.3 Å². The molecule has 1 aliphatic carbocycles. The third kappa shape index (κ3) is 7.39. The number of carboxylic acids is 1. The molecule has 228 valence electrons. The first-order valence-electron chi connectivity index (χ1n) is 15.6. The Morgan fingerprint density at radius 2 is 1.74 bits per heavy atom. The number of carbonyl (C=O) groups is 2. The van der Waals surface area contributed by atoms with Crippen molar-refractivity contribution in [1.82, 2.24) is 4.90 Å². The van der Waals surface area contributed by atoms with E-state index in [0.29, 0.717) is 39.0 Å². The van der Waals surface area contributed by atoms with E-state index in [9.17, 15) is 14.7 Å². The van der Waals surface area contributed by atoms with Crippen LogP contribution in [-0.2, 0) is 40.3 Å². The van der Waals surface area contributed by atoms with Crippen molar-refractivity contribution in [1.29, 1.82) is 0 Å². The number of ether oxygens (including phenoxy) is 3. The Balaban J connectivity index is 1.41. The molecule has 0 bridgehead atoms. The number of likely N-dealkylation sites (tertiary alicyclic amines) is 1. The summed E-state index contributed by atoms with van der Waals surface area (Å²) in [7, 11) is 1.40. The fourth-order valence-corrected chi connectivity index (χ4v) is 6.47. The van der Waals surface area contributed by atoms with Gasteiger partial charge in [-0.15, -0.1) is 0 Å². The first kappa shape index (κ1) is 30.6. The highest BCUT2D eigenvalue weighted by molar-refractivity contribution is 5.73. The van der Waals surface area contributed by atoms with Crippen molar-refractivity contribution in [2.24, 2.45) is 0 Å². The molecule has 1 atom stereocenters. The predicted octanol–water partition coefficient (Wildman–Crippen LogP) is 6.89. The van der Waals surface area contributed by atoms with E-state index in [1.165, 1.54) is 34.9 Å².